The van der Waals surface area contributed by atoms with Gasteiger partial charge in [0.05, 0.1) is 0 Å². The molecule has 1 saturated carbocycles. The van der Waals surface area contributed by atoms with Crippen LogP contribution in [0.5, 0.6) is 0 Å². The van der Waals surface area contributed by atoms with E-state index in [4.69, 9.17) is 0 Å². The maximum atomic E-state index is 13.1. The lowest BCUT2D eigenvalue weighted by molar-refractivity contribution is -0.123. The minimum atomic E-state index is -1.79. The molecule has 9 heteroatoms. The normalized spacial score (nSPS) is 14.4. The van der Waals surface area contributed by atoms with E-state index in [2.05, 4.69) is 10.6 Å². The van der Waals surface area contributed by atoms with E-state index >= 15 is 0 Å². The fourth-order valence-electron chi connectivity index (χ4n) is 4.05. The lowest BCUT2D eigenvalue weighted by Gasteiger charge is -2.25. The lowest BCUT2D eigenvalue weighted by Crippen LogP contribution is -2.45. The van der Waals surface area contributed by atoms with Gasteiger partial charge in [-0.2, -0.15) is 0 Å². The lowest BCUT2D eigenvalue weighted by atomic mass is 10.1. The highest BCUT2D eigenvalue weighted by atomic mass is 32.2. The van der Waals surface area contributed by atoms with Gasteiger partial charge in [-0.3, -0.25) is 18.6 Å². The van der Waals surface area contributed by atoms with Crippen LogP contribution in [-0.4, -0.2) is 46.0 Å². The quantitative estimate of drug-likeness (QED) is 0.568. The molecule has 0 saturated heterocycles. The van der Waals surface area contributed by atoms with Gasteiger partial charge < -0.3 is 15.5 Å². The van der Waals surface area contributed by atoms with E-state index in [1.165, 1.54) is 29.2 Å². The minimum Gasteiger partial charge on any atom is -0.352 e. The van der Waals surface area contributed by atoms with Gasteiger partial charge in [0.1, 0.15) is 23.9 Å². The van der Waals surface area contributed by atoms with Gasteiger partial charge in [-0.1, -0.05) is 30.5 Å². The molecule has 0 unspecified atom stereocenters. The molecule has 0 spiro atoms. The second-order valence-corrected chi connectivity index (χ2v) is 10.1. The maximum Gasteiger partial charge on any atom is 0.240 e. The van der Waals surface area contributed by atoms with Crippen LogP contribution >= 0.6 is 0 Å². The van der Waals surface area contributed by atoms with Gasteiger partial charge in [0.25, 0.3) is 0 Å². The van der Waals surface area contributed by atoms with Gasteiger partial charge >= 0.3 is 0 Å². The smallest absolute Gasteiger partial charge is 0.240 e. The van der Waals surface area contributed by atoms with Crippen LogP contribution in [0.4, 0.5) is 15.8 Å². The van der Waals surface area contributed by atoms with E-state index in [-0.39, 0.29) is 18.5 Å². The Morgan fingerprint density at radius 2 is 1.68 bits per heavy atom. The van der Waals surface area contributed by atoms with E-state index < -0.39 is 39.9 Å². The zero-order valence-electron chi connectivity index (χ0n) is 19.4. The average molecular weight is 488 g/mol. The largest absolute Gasteiger partial charge is 0.352 e. The van der Waals surface area contributed by atoms with Gasteiger partial charge in [0, 0.05) is 28.2 Å². The van der Waals surface area contributed by atoms with Gasteiger partial charge in [-0.05, 0) is 62.6 Å². The van der Waals surface area contributed by atoms with Crippen molar-refractivity contribution < 1.29 is 23.0 Å². The van der Waals surface area contributed by atoms with E-state index in [0.717, 1.165) is 36.8 Å². The molecule has 0 radical (unpaired) electrons. The van der Waals surface area contributed by atoms with Crippen molar-refractivity contribution >= 4 is 39.9 Å². The predicted molar refractivity (Wildman–Crippen MR) is 132 cm³/mol. The Morgan fingerprint density at radius 1 is 1.00 bits per heavy atom. The molecule has 34 heavy (non-hydrogen) atoms. The molecular formula is C25H30FN3O4S. The molecule has 182 valence electrons. The fraction of sp³-hybridized carbons (Fsp3) is 0.400. The summed E-state index contributed by atoms with van der Waals surface area (Å²) in [7, 11) is -1.79. The number of nitrogens with zero attached hydrogens (tertiary/aromatic N) is 1. The first kappa shape index (κ1) is 25.6. The Kier molecular flexibility index (Phi) is 8.92. The topological polar surface area (TPSA) is 95.6 Å². The predicted octanol–water partition coefficient (Wildman–Crippen LogP) is 3.22. The van der Waals surface area contributed by atoms with Crippen molar-refractivity contribution in [2.45, 2.75) is 45.6 Å². The number of hydrogen-bond acceptors (Lipinski definition) is 4. The van der Waals surface area contributed by atoms with E-state index in [9.17, 15) is 23.0 Å². The summed E-state index contributed by atoms with van der Waals surface area (Å²) in [5, 5.41) is 5.52. The number of carbonyl (C=O) groups excluding carboxylic acids is 3. The summed E-state index contributed by atoms with van der Waals surface area (Å²) in [6, 6.07) is 10.9. The summed E-state index contributed by atoms with van der Waals surface area (Å²) in [6.07, 6.45) is 4.00. The molecule has 2 aromatic rings. The van der Waals surface area contributed by atoms with Crippen LogP contribution in [0.15, 0.2) is 42.5 Å². The first-order chi connectivity index (χ1) is 16.2. The van der Waals surface area contributed by atoms with Gasteiger partial charge in [0.2, 0.25) is 17.7 Å². The minimum absolute atomic E-state index is 0.118. The van der Waals surface area contributed by atoms with Crippen LogP contribution < -0.4 is 15.5 Å². The third-order valence-corrected chi connectivity index (χ3v) is 6.82. The Bertz CT molecular complexity index is 1070. The van der Waals surface area contributed by atoms with Crippen molar-refractivity contribution in [3.05, 3.63) is 59.4 Å². The number of rotatable bonds is 9. The summed E-state index contributed by atoms with van der Waals surface area (Å²) in [5.41, 5.74) is 2.78. The van der Waals surface area contributed by atoms with E-state index in [1.54, 1.807) is 6.07 Å². The molecule has 0 aromatic heterocycles. The van der Waals surface area contributed by atoms with Crippen LogP contribution in [0, 0.1) is 19.7 Å². The van der Waals surface area contributed by atoms with E-state index in [1.807, 2.05) is 26.0 Å². The van der Waals surface area contributed by atoms with Crippen molar-refractivity contribution in [2.24, 2.45) is 0 Å². The number of benzene rings is 2. The van der Waals surface area contributed by atoms with Crippen molar-refractivity contribution in [1.82, 2.24) is 5.32 Å². The average Bonchev–Trinajstić information content (AvgIpc) is 3.27. The molecule has 1 fully saturated rings. The van der Waals surface area contributed by atoms with Crippen LogP contribution in [0.3, 0.4) is 0 Å². The van der Waals surface area contributed by atoms with Gasteiger partial charge in [-0.25, -0.2) is 4.39 Å². The Hall–Kier alpha value is -3.07. The molecule has 0 bridgehead atoms. The molecule has 3 rings (SSSR count). The Balaban J connectivity index is 1.65. The van der Waals surface area contributed by atoms with Crippen molar-refractivity contribution in [2.75, 3.05) is 28.3 Å². The van der Waals surface area contributed by atoms with E-state index in [0.29, 0.717) is 11.4 Å². The molecule has 7 nitrogen and oxygen atoms in total. The number of hydrogen-bond donors (Lipinski definition) is 2. The number of aryl methyl sites for hydroxylation is 2. The van der Waals surface area contributed by atoms with Crippen LogP contribution in [0.2, 0.25) is 0 Å². The zero-order chi connectivity index (χ0) is 24.7. The SMILES string of the molecule is Cc1ccc(N(CC(=O)NC2CCCC2)C(=O)C[S@](=O)CC(=O)Nc2ccc(F)cc2)c(C)c1. The van der Waals surface area contributed by atoms with Crippen molar-refractivity contribution in [3.63, 3.8) is 0 Å². The van der Waals surface area contributed by atoms with Crippen molar-refractivity contribution in [1.29, 1.82) is 0 Å². The van der Waals surface area contributed by atoms with Crippen LogP contribution in [-0.2, 0) is 25.2 Å². The Labute approximate surface area is 201 Å². The fourth-order valence-corrected chi connectivity index (χ4v) is 4.94. The molecule has 0 heterocycles. The number of halogens is 1. The molecule has 0 aliphatic heterocycles. The highest BCUT2D eigenvalue weighted by Crippen LogP contribution is 2.22. The third kappa shape index (κ3) is 7.48. The summed E-state index contributed by atoms with van der Waals surface area (Å²) >= 11 is 0. The zero-order valence-corrected chi connectivity index (χ0v) is 20.3. The van der Waals surface area contributed by atoms with Gasteiger partial charge in [-0.15, -0.1) is 0 Å². The molecule has 2 N–H and O–H groups in total. The summed E-state index contributed by atoms with van der Waals surface area (Å²) in [6.45, 7) is 3.60. The van der Waals surface area contributed by atoms with Gasteiger partial charge in [0.15, 0.2) is 0 Å². The number of nitrogens with one attached hydrogen (secondary N) is 2. The third-order valence-electron chi connectivity index (χ3n) is 5.67. The first-order valence-electron chi connectivity index (χ1n) is 11.3. The maximum absolute atomic E-state index is 13.1. The summed E-state index contributed by atoms with van der Waals surface area (Å²) < 4.78 is 25.6. The Morgan fingerprint density at radius 3 is 2.32 bits per heavy atom. The summed E-state index contributed by atoms with van der Waals surface area (Å²) in [4.78, 5) is 39.4. The molecule has 1 atom stereocenters. The molecule has 1 aliphatic carbocycles. The molecule has 2 aromatic carbocycles. The van der Waals surface area contributed by atoms with Crippen LogP contribution in [0.1, 0.15) is 36.8 Å². The molecule has 1 aliphatic rings. The monoisotopic (exact) mass is 487 g/mol. The first-order valence-corrected chi connectivity index (χ1v) is 12.8. The number of carbonyl (C=O) groups is 3. The molecular weight excluding hydrogens is 457 g/mol. The highest BCUT2D eigenvalue weighted by Gasteiger charge is 2.25. The second-order valence-electron chi connectivity index (χ2n) is 8.60. The second kappa shape index (κ2) is 11.9. The highest BCUT2D eigenvalue weighted by molar-refractivity contribution is 7.86. The van der Waals surface area contributed by atoms with Crippen LogP contribution in [0.25, 0.3) is 0 Å². The number of anilines is 2. The standard InChI is InChI=1S/C25H30FN3O4S/c1-17-7-12-22(18(2)13-17)29(14-23(30)27-20-5-3-4-6-20)25(32)16-34(33)15-24(31)28-21-10-8-19(26)9-11-21/h7-13,20H,3-6,14-16H2,1-2H3,(H,27,30)(H,28,31)/t34-/m1/s1. The number of amides is 3. The molecule has 3 amide bonds. The van der Waals surface area contributed by atoms with Crippen molar-refractivity contribution in [3.8, 4) is 0 Å². The summed E-state index contributed by atoms with van der Waals surface area (Å²) in [5.74, 6) is -2.54.